The molecule has 0 amide bonds. The van der Waals surface area contributed by atoms with E-state index in [1.807, 2.05) is 60.1 Å². The molecule has 0 saturated carbocycles. The van der Waals surface area contributed by atoms with Gasteiger partial charge in [0.05, 0.1) is 16.8 Å². The van der Waals surface area contributed by atoms with Crippen molar-refractivity contribution in [1.29, 1.82) is 0 Å². The van der Waals surface area contributed by atoms with Crippen LogP contribution in [0.5, 0.6) is 5.75 Å². The molecule has 1 unspecified atom stereocenters. The number of thiazole rings is 1. The summed E-state index contributed by atoms with van der Waals surface area (Å²) >= 11 is 1.72. The minimum Gasteiger partial charge on any atom is -0.488 e. The maximum atomic E-state index is 6.37. The predicted octanol–water partition coefficient (Wildman–Crippen LogP) is 4.82. The third kappa shape index (κ3) is 3.99. The predicted molar refractivity (Wildman–Crippen MR) is 116 cm³/mol. The van der Waals surface area contributed by atoms with E-state index in [-0.39, 0.29) is 6.10 Å². The number of hydrogen-bond donors (Lipinski definition) is 0. The van der Waals surface area contributed by atoms with Crippen molar-refractivity contribution in [2.24, 2.45) is 0 Å². The van der Waals surface area contributed by atoms with Crippen LogP contribution in [0.15, 0.2) is 64.6 Å². The number of aromatic nitrogens is 3. The third-order valence-electron chi connectivity index (χ3n) is 5.31. The van der Waals surface area contributed by atoms with Crippen molar-refractivity contribution < 1.29 is 9.26 Å². The molecule has 30 heavy (non-hydrogen) atoms. The Hall–Kier alpha value is -3.03. The Morgan fingerprint density at radius 2 is 1.97 bits per heavy atom. The number of likely N-dealkylation sites (tertiary alicyclic amines) is 1. The van der Waals surface area contributed by atoms with Crippen LogP contribution in [0.2, 0.25) is 0 Å². The minimum absolute atomic E-state index is 0.135. The minimum atomic E-state index is 0.135. The molecule has 0 radical (unpaired) electrons. The maximum Gasteiger partial charge on any atom is 0.262 e. The number of ether oxygens (including phenoxy) is 1. The molecule has 5 rings (SSSR count). The number of para-hydroxylation sites is 1. The van der Waals surface area contributed by atoms with Gasteiger partial charge in [-0.3, -0.25) is 4.90 Å². The van der Waals surface area contributed by atoms with Gasteiger partial charge in [-0.25, -0.2) is 4.98 Å². The van der Waals surface area contributed by atoms with Crippen molar-refractivity contribution in [3.8, 4) is 28.6 Å². The van der Waals surface area contributed by atoms with Crippen LogP contribution in [0, 0.1) is 6.92 Å². The van der Waals surface area contributed by atoms with Crippen molar-refractivity contribution in [3.05, 3.63) is 70.7 Å². The first-order valence-electron chi connectivity index (χ1n) is 10.0. The average Bonchev–Trinajstić information content (AvgIpc) is 3.52. The molecule has 2 aromatic heterocycles. The third-order valence-corrected chi connectivity index (χ3v) is 6.23. The van der Waals surface area contributed by atoms with E-state index in [9.17, 15) is 0 Å². The zero-order chi connectivity index (χ0) is 20.3. The quantitative estimate of drug-likeness (QED) is 0.447. The molecule has 1 saturated heterocycles. The molecule has 1 aliphatic rings. The fraction of sp³-hybridized carbons (Fsp3) is 0.261. The summed E-state index contributed by atoms with van der Waals surface area (Å²) in [5.74, 6) is 1.83. The Morgan fingerprint density at radius 3 is 2.80 bits per heavy atom. The van der Waals surface area contributed by atoms with Gasteiger partial charge in [-0.05, 0) is 25.5 Å². The van der Waals surface area contributed by atoms with Gasteiger partial charge >= 0.3 is 0 Å². The Balaban J connectivity index is 1.30. The summed E-state index contributed by atoms with van der Waals surface area (Å²) in [6.45, 7) is 4.91. The van der Waals surface area contributed by atoms with Gasteiger partial charge in [0.2, 0.25) is 5.82 Å². The second-order valence-electron chi connectivity index (χ2n) is 7.41. The molecule has 0 spiro atoms. The standard InChI is InChI=1S/C23H22N4O2S/c1-16-21(30-15-24-16)14-27-12-11-18(13-27)28-20-10-6-5-9-19(20)23-25-22(26-29-23)17-7-3-2-4-8-17/h2-10,15,18H,11-14H2,1H3. The van der Waals surface area contributed by atoms with Gasteiger partial charge < -0.3 is 9.26 Å². The first-order valence-corrected chi connectivity index (χ1v) is 10.9. The topological polar surface area (TPSA) is 64.3 Å². The molecule has 3 heterocycles. The molecule has 1 atom stereocenters. The summed E-state index contributed by atoms with van der Waals surface area (Å²) in [6, 6.07) is 17.7. The summed E-state index contributed by atoms with van der Waals surface area (Å²) < 4.78 is 11.9. The van der Waals surface area contributed by atoms with Crippen LogP contribution in [0.1, 0.15) is 17.0 Å². The highest BCUT2D eigenvalue weighted by Crippen LogP contribution is 2.32. The fourth-order valence-corrected chi connectivity index (χ4v) is 4.50. The van der Waals surface area contributed by atoms with Crippen LogP contribution < -0.4 is 4.74 Å². The molecule has 7 heteroatoms. The lowest BCUT2D eigenvalue weighted by Gasteiger charge is -2.17. The SMILES string of the molecule is Cc1ncsc1CN1CCC(Oc2ccccc2-c2nc(-c3ccccc3)no2)C1. The van der Waals surface area contributed by atoms with Crippen molar-refractivity contribution in [2.75, 3.05) is 13.1 Å². The number of rotatable bonds is 6. The molecule has 0 N–H and O–H groups in total. The second kappa shape index (κ2) is 8.38. The van der Waals surface area contributed by atoms with E-state index in [0.717, 1.165) is 48.6 Å². The Kier molecular flexibility index (Phi) is 5.29. The molecule has 152 valence electrons. The molecule has 6 nitrogen and oxygen atoms in total. The summed E-state index contributed by atoms with van der Waals surface area (Å²) in [7, 11) is 0. The summed E-state index contributed by atoms with van der Waals surface area (Å²) in [5.41, 5.74) is 4.79. The summed E-state index contributed by atoms with van der Waals surface area (Å²) in [5, 5.41) is 4.14. The van der Waals surface area contributed by atoms with Gasteiger partial charge in [0, 0.05) is 30.1 Å². The van der Waals surface area contributed by atoms with E-state index >= 15 is 0 Å². The van der Waals surface area contributed by atoms with Crippen LogP contribution in [-0.2, 0) is 6.54 Å². The first kappa shape index (κ1) is 19.0. The lowest BCUT2D eigenvalue weighted by atomic mass is 10.2. The van der Waals surface area contributed by atoms with Gasteiger partial charge in [0.1, 0.15) is 11.9 Å². The lowest BCUT2D eigenvalue weighted by Crippen LogP contribution is -2.24. The van der Waals surface area contributed by atoms with Crippen LogP contribution >= 0.6 is 11.3 Å². The molecule has 0 aliphatic carbocycles. The van der Waals surface area contributed by atoms with Gasteiger partial charge in [-0.15, -0.1) is 11.3 Å². The number of benzene rings is 2. The number of aryl methyl sites for hydroxylation is 1. The van der Waals surface area contributed by atoms with Crippen LogP contribution in [0.4, 0.5) is 0 Å². The molecule has 4 aromatic rings. The summed E-state index contributed by atoms with van der Waals surface area (Å²) in [4.78, 5) is 12.7. The number of nitrogens with zero attached hydrogens (tertiary/aromatic N) is 4. The van der Waals surface area contributed by atoms with E-state index < -0.39 is 0 Å². The van der Waals surface area contributed by atoms with Crippen LogP contribution in [-0.4, -0.2) is 39.2 Å². The highest BCUT2D eigenvalue weighted by atomic mass is 32.1. The van der Waals surface area contributed by atoms with Crippen molar-refractivity contribution in [3.63, 3.8) is 0 Å². The van der Waals surface area contributed by atoms with Gasteiger partial charge in [-0.2, -0.15) is 4.98 Å². The Bertz CT molecular complexity index is 1120. The Morgan fingerprint density at radius 1 is 1.13 bits per heavy atom. The van der Waals surface area contributed by atoms with E-state index in [1.54, 1.807) is 11.3 Å². The molecule has 1 fully saturated rings. The molecular formula is C23H22N4O2S. The van der Waals surface area contributed by atoms with Crippen molar-refractivity contribution in [1.82, 2.24) is 20.0 Å². The van der Waals surface area contributed by atoms with Crippen LogP contribution in [0.3, 0.4) is 0 Å². The smallest absolute Gasteiger partial charge is 0.262 e. The van der Waals surface area contributed by atoms with Gasteiger partial charge in [0.15, 0.2) is 0 Å². The van der Waals surface area contributed by atoms with Gasteiger partial charge in [-0.1, -0.05) is 47.6 Å². The number of hydrogen-bond acceptors (Lipinski definition) is 7. The van der Waals surface area contributed by atoms with Crippen LogP contribution in [0.25, 0.3) is 22.8 Å². The highest BCUT2D eigenvalue weighted by Gasteiger charge is 2.26. The second-order valence-corrected chi connectivity index (χ2v) is 8.35. The highest BCUT2D eigenvalue weighted by molar-refractivity contribution is 7.09. The molecular weight excluding hydrogens is 396 g/mol. The van der Waals surface area contributed by atoms with E-state index in [4.69, 9.17) is 9.26 Å². The fourth-order valence-electron chi connectivity index (χ4n) is 3.68. The van der Waals surface area contributed by atoms with E-state index in [0.29, 0.717) is 11.7 Å². The maximum absolute atomic E-state index is 6.37. The lowest BCUT2D eigenvalue weighted by molar-refractivity contribution is 0.199. The van der Waals surface area contributed by atoms with Crippen molar-refractivity contribution in [2.45, 2.75) is 26.0 Å². The molecule has 2 aromatic carbocycles. The van der Waals surface area contributed by atoms with Gasteiger partial charge in [0.25, 0.3) is 5.89 Å². The van der Waals surface area contributed by atoms with Crippen molar-refractivity contribution >= 4 is 11.3 Å². The molecule has 0 bridgehead atoms. The molecule has 1 aliphatic heterocycles. The Labute approximate surface area is 179 Å². The van der Waals surface area contributed by atoms with E-state index in [2.05, 4.69) is 26.9 Å². The van der Waals surface area contributed by atoms with E-state index in [1.165, 1.54) is 4.88 Å². The zero-order valence-corrected chi connectivity index (χ0v) is 17.5. The normalized spacial score (nSPS) is 16.8. The monoisotopic (exact) mass is 418 g/mol. The zero-order valence-electron chi connectivity index (χ0n) is 16.7. The average molecular weight is 419 g/mol. The first-order chi connectivity index (χ1) is 14.8. The summed E-state index contributed by atoms with van der Waals surface area (Å²) in [6.07, 6.45) is 1.13. The largest absolute Gasteiger partial charge is 0.488 e.